The number of piperidine rings is 2. The van der Waals surface area contributed by atoms with E-state index >= 15 is 0 Å². The number of rotatable bonds is 10. The third-order valence-electron chi connectivity index (χ3n) is 14.4. The van der Waals surface area contributed by atoms with E-state index in [0.29, 0.717) is 41.9 Å². The van der Waals surface area contributed by atoms with Crippen LogP contribution in [0.5, 0.6) is 0 Å². The normalized spacial score (nSPS) is 23.9. The van der Waals surface area contributed by atoms with Gasteiger partial charge in [-0.2, -0.15) is 4.98 Å². The molecule has 1 aromatic carbocycles. The van der Waals surface area contributed by atoms with Crippen LogP contribution in [-0.4, -0.2) is 92.2 Å². The highest BCUT2D eigenvalue weighted by Gasteiger charge is 2.35. The van der Waals surface area contributed by atoms with E-state index in [1.807, 2.05) is 19.2 Å². The number of benzene rings is 1. The molecule has 3 atom stereocenters. The minimum Gasteiger partial charge on any atom is -0.368 e. The van der Waals surface area contributed by atoms with Crippen molar-refractivity contribution in [3.05, 3.63) is 81.4 Å². The Labute approximate surface area is 352 Å². The van der Waals surface area contributed by atoms with Crippen molar-refractivity contribution < 1.29 is 14.4 Å². The Morgan fingerprint density at radius 2 is 1.55 bits per heavy atom. The minimum atomic E-state index is -0.252. The van der Waals surface area contributed by atoms with Crippen LogP contribution < -0.4 is 21.1 Å². The third kappa shape index (κ3) is 8.48. The molecule has 0 bridgehead atoms. The smallest absolute Gasteiger partial charge is 0.263 e. The standard InChI is InChI=1S/C47H59N9O4/c1-30-40-28-49-47(52-44(40)56(36-7-3-4-8-36)46(60)43(30)31(2)57)50-41-16-14-38(27-48-41)55-24-22-54(23-25-55)37-9-5-6-35(26-37)33-18-20-53(21-19-33)29-32-10-12-34(13-11-32)39-15-17-42(58)51-45(39)59/h10-14,16,27-28,33,35-37,39H,3-9,15,17-26,29H2,1-2H3,(H,51,58,59)(H,48,49,50,52). The highest BCUT2D eigenvalue weighted by Crippen LogP contribution is 2.38. The summed E-state index contributed by atoms with van der Waals surface area (Å²) in [5.41, 5.74) is 4.59. The number of pyridine rings is 2. The summed E-state index contributed by atoms with van der Waals surface area (Å²) < 4.78 is 1.74. The van der Waals surface area contributed by atoms with E-state index < -0.39 is 0 Å². The maximum absolute atomic E-state index is 13.6. The van der Waals surface area contributed by atoms with Crippen molar-refractivity contribution in [2.75, 3.05) is 49.5 Å². The van der Waals surface area contributed by atoms with Crippen LogP contribution in [0.1, 0.15) is 123 Å². The largest absolute Gasteiger partial charge is 0.368 e. The first kappa shape index (κ1) is 40.4. The summed E-state index contributed by atoms with van der Waals surface area (Å²) in [5, 5.41) is 6.48. The average Bonchev–Trinajstić information content (AvgIpc) is 3.79. The van der Waals surface area contributed by atoms with Gasteiger partial charge in [0.2, 0.25) is 17.8 Å². The molecule has 3 aromatic heterocycles. The maximum Gasteiger partial charge on any atom is 0.263 e. The van der Waals surface area contributed by atoms with Crippen LogP contribution in [0.4, 0.5) is 17.5 Å². The summed E-state index contributed by atoms with van der Waals surface area (Å²) in [7, 11) is 0. The highest BCUT2D eigenvalue weighted by molar-refractivity contribution is 6.01. The van der Waals surface area contributed by atoms with E-state index in [4.69, 9.17) is 9.97 Å². The molecule has 3 saturated heterocycles. The number of carbonyl (C=O) groups is 3. The number of carbonyl (C=O) groups excluding carboxylic acids is 3. The number of amides is 2. The molecule has 5 fully saturated rings. The topological polar surface area (TPSA) is 146 Å². The van der Waals surface area contributed by atoms with Crippen molar-refractivity contribution in [2.45, 2.75) is 115 Å². The van der Waals surface area contributed by atoms with Gasteiger partial charge in [0.1, 0.15) is 11.5 Å². The Kier molecular flexibility index (Phi) is 11.8. The van der Waals surface area contributed by atoms with Crippen molar-refractivity contribution >= 4 is 46.1 Å². The van der Waals surface area contributed by atoms with Gasteiger partial charge in [-0.25, -0.2) is 9.97 Å². The van der Waals surface area contributed by atoms with Crippen molar-refractivity contribution in [2.24, 2.45) is 11.8 Å². The number of fused-ring (bicyclic) bond motifs is 1. The Bertz CT molecular complexity index is 2270. The van der Waals surface area contributed by atoms with E-state index in [-0.39, 0.29) is 40.7 Å². The first-order valence-corrected chi connectivity index (χ1v) is 22.5. The van der Waals surface area contributed by atoms with Crippen LogP contribution in [0.15, 0.2) is 53.6 Å². The lowest BCUT2D eigenvalue weighted by atomic mass is 9.73. The van der Waals surface area contributed by atoms with Gasteiger partial charge in [-0.15, -0.1) is 0 Å². The number of nitrogens with one attached hydrogen (secondary N) is 2. The molecule has 60 heavy (non-hydrogen) atoms. The van der Waals surface area contributed by atoms with Gasteiger partial charge in [0, 0.05) is 62.8 Å². The molecular weight excluding hydrogens is 755 g/mol. The molecule has 316 valence electrons. The van der Waals surface area contributed by atoms with Crippen LogP contribution >= 0.6 is 0 Å². The second-order valence-electron chi connectivity index (χ2n) is 18.1. The maximum atomic E-state index is 13.6. The number of Topliss-reactive ketones (excluding diaryl/α,β-unsaturated/α-hetero) is 1. The minimum absolute atomic E-state index is 0.0293. The fraction of sp³-hybridized carbons (Fsp3) is 0.553. The first-order chi connectivity index (χ1) is 29.2. The second kappa shape index (κ2) is 17.5. The lowest BCUT2D eigenvalue weighted by molar-refractivity contribution is -0.134. The van der Waals surface area contributed by atoms with E-state index in [1.54, 1.807) is 10.8 Å². The number of hydrogen-bond donors (Lipinski definition) is 2. The predicted octanol–water partition coefficient (Wildman–Crippen LogP) is 6.67. The second-order valence-corrected chi connectivity index (χ2v) is 18.1. The zero-order valence-electron chi connectivity index (χ0n) is 35.2. The van der Waals surface area contributed by atoms with Gasteiger partial charge in [-0.3, -0.25) is 38.9 Å². The van der Waals surface area contributed by atoms with Gasteiger partial charge in [-0.05, 0) is 113 Å². The Hall–Kier alpha value is -5.01. The summed E-state index contributed by atoms with van der Waals surface area (Å²) in [6.45, 7) is 10.6. The molecule has 6 heterocycles. The summed E-state index contributed by atoms with van der Waals surface area (Å²) in [6, 6.07) is 13.3. The van der Waals surface area contributed by atoms with Crippen molar-refractivity contribution in [1.82, 2.24) is 34.6 Å². The lowest BCUT2D eigenvalue weighted by Gasteiger charge is -2.45. The quantitative estimate of drug-likeness (QED) is 0.131. The lowest BCUT2D eigenvalue weighted by Crippen LogP contribution is -2.52. The van der Waals surface area contributed by atoms with Gasteiger partial charge >= 0.3 is 0 Å². The summed E-state index contributed by atoms with van der Waals surface area (Å²) in [5.74, 6) is 1.84. The number of ketones is 1. The molecule has 3 aliphatic heterocycles. The summed E-state index contributed by atoms with van der Waals surface area (Å²) in [4.78, 5) is 71.9. The number of hydrogen-bond acceptors (Lipinski definition) is 11. The molecule has 13 nitrogen and oxygen atoms in total. The van der Waals surface area contributed by atoms with Gasteiger partial charge in [0.05, 0.1) is 23.4 Å². The summed E-state index contributed by atoms with van der Waals surface area (Å²) >= 11 is 0. The Balaban J connectivity index is 0.753. The molecule has 2 N–H and O–H groups in total. The third-order valence-corrected chi connectivity index (χ3v) is 14.4. The van der Waals surface area contributed by atoms with Crippen molar-refractivity contribution in [1.29, 1.82) is 0 Å². The Morgan fingerprint density at radius 1 is 0.800 bits per heavy atom. The number of imide groups is 1. The number of anilines is 3. The molecule has 2 aliphatic carbocycles. The molecule has 5 aliphatic rings. The number of piperazine rings is 1. The predicted molar refractivity (Wildman–Crippen MR) is 233 cm³/mol. The Morgan fingerprint density at radius 3 is 2.25 bits per heavy atom. The van der Waals surface area contributed by atoms with Crippen molar-refractivity contribution in [3.8, 4) is 0 Å². The number of likely N-dealkylation sites (tertiary alicyclic amines) is 1. The monoisotopic (exact) mass is 813 g/mol. The molecule has 9 rings (SSSR count). The van der Waals surface area contributed by atoms with Crippen LogP contribution in [0.2, 0.25) is 0 Å². The van der Waals surface area contributed by atoms with Gasteiger partial charge in [0.25, 0.3) is 5.56 Å². The van der Waals surface area contributed by atoms with Gasteiger partial charge < -0.3 is 10.2 Å². The molecule has 0 spiro atoms. The molecule has 4 aromatic rings. The fourth-order valence-corrected chi connectivity index (χ4v) is 11.1. The first-order valence-electron chi connectivity index (χ1n) is 22.5. The zero-order valence-corrected chi connectivity index (χ0v) is 35.2. The molecule has 13 heteroatoms. The fourth-order valence-electron chi connectivity index (χ4n) is 11.1. The van der Waals surface area contributed by atoms with E-state index in [0.717, 1.165) is 100.0 Å². The number of nitrogens with zero attached hydrogens (tertiary/aromatic N) is 7. The van der Waals surface area contributed by atoms with Crippen LogP contribution in [0.25, 0.3) is 11.0 Å². The van der Waals surface area contributed by atoms with Crippen LogP contribution in [-0.2, 0) is 16.1 Å². The number of aromatic nitrogens is 4. The highest BCUT2D eigenvalue weighted by atomic mass is 16.2. The number of aryl methyl sites for hydroxylation is 1. The molecule has 2 amide bonds. The molecule has 0 radical (unpaired) electrons. The van der Waals surface area contributed by atoms with Crippen LogP contribution in [0.3, 0.4) is 0 Å². The van der Waals surface area contributed by atoms with E-state index in [9.17, 15) is 19.2 Å². The van der Waals surface area contributed by atoms with Crippen LogP contribution in [0, 0.1) is 18.8 Å². The SMILES string of the molecule is CC(=O)c1c(C)c2cnc(Nc3ccc(N4CCN(C5CCCC(C6CCN(Cc7ccc(C8CCC(=O)NC8=O)cc7)CC6)C5)CC4)cn3)nc2n(C2CCCC2)c1=O. The van der Waals surface area contributed by atoms with E-state index in [1.165, 1.54) is 51.0 Å². The zero-order chi connectivity index (χ0) is 41.3. The van der Waals surface area contributed by atoms with Gasteiger partial charge in [-0.1, -0.05) is 49.9 Å². The average molecular weight is 814 g/mol. The molecule has 3 unspecified atom stereocenters. The van der Waals surface area contributed by atoms with Gasteiger partial charge in [0.15, 0.2) is 5.78 Å². The van der Waals surface area contributed by atoms with Crippen molar-refractivity contribution in [3.63, 3.8) is 0 Å². The molecular formula is C47H59N9O4. The summed E-state index contributed by atoms with van der Waals surface area (Å²) in [6.07, 6.45) is 16.4. The molecule has 2 saturated carbocycles. The van der Waals surface area contributed by atoms with E-state index in [2.05, 4.69) is 60.6 Å².